The van der Waals surface area contributed by atoms with Crippen LogP contribution >= 0.6 is 23.1 Å². The third kappa shape index (κ3) is 5.94. The van der Waals surface area contributed by atoms with E-state index in [1.165, 1.54) is 11.3 Å². The second-order valence-corrected chi connectivity index (χ2v) is 8.30. The number of para-hydroxylation sites is 1. The van der Waals surface area contributed by atoms with Gasteiger partial charge in [-0.15, -0.1) is 10.2 Å². The summed E-state index contributed by atoms with van der Waals surface area (Å²) in [6.07, 6.45) is 4.15. The molecule has 0 fully saturated rings. The molecule has 0 aliphatic carbocycles. The maximum Gasteiger partial charge on any atom is 0.264 e. The van der Waals surface area contributed by atoms with Gasteiger partial charge in [0.2, 0.25) is 5.13 Å². The fraction of sp³-hybridized carbons (Fsp3) is 0.190. The van der Waals surface area contributed by atoms with Crippen LogP contribution in [0.5, 0.6) is 5.75 Å². The van der Waals surface area contributed by atoms with Gasteiger partial charge in [-0.2, -0.15) is 0 Å². The van der Waals surface area contributed by atoms with Gasteiger partial charge in [0.1, 0.15) is 5.75 Å². The van der Waals surface area contributed by atoms with Gasteiger partial charge in [-0.1, -0.05) is 83.8 Å². The zero-order valence-corrected chi connectivity index (χ0v) is 17.3. The molecule has 0 aliphatic rings. The van der Waals surface area contributed by atoms with Crippen molar-refractivity contribution in [2.75, 3.05) is 17.7 Å². The number of anilines is 1. The summed E-state index contributed by atoms with van der Waals surface area (Å²) in [6, 6.07) is 16.0. The normalized spacial score (nSPS) is 10.9. The van der Waals surface area contributed by atoms with E-state index < -0.39 is 0 Å². The molecule has 2 aromatic carbocycles. The lowest BCUT2D eigenvalue weighted by molar-refractivity contribution is -0.118. The molecule has 0 saturated carbocycles. The predicted molar refractivity (Wildman–Crippen MR) is 116 cm³/mol. The second kappa shape index (κ2) is 10.1. The highest BCUT2D eigenvalue weighted by Gasteiger charge is 2.10. The van der Waals surface area contributed by atoms with E-state index in [0.717, 1.165) is 32.5 Å². The van der Waals surface area contributed by atoms with Crippen LogP contribution in [0.1, 0.15) is 16.7 Å². The summed E-state index contributed by atoms with van der Waals surface area (Å²) in [5.74, 6) is 1.28. The minimum atomic E-state index is -0.251. The summed E-state index contributed by atoms with van der Waals surface area (Å²) < 4.78 is 6.47. The number of aromatic nitrogens is 2. The van der Waals surface area contributed by atoms with Crippen LogP contribution < -0.4 is 10.1 Å². The fourth-order valence-corrected chi connectivity index (χ4v) is 4.11. The zero-order chi connectivity index (χ0) is 19.8. The number of carbonyl (C=O) groups is 1. The molecule has 5 nitrogen and oxygen atoms in total. The zero-order valence-electron chi connectivity index (χ0n) is 15.7. The summed E-state index contributed by atoms with van der Waals surface area (Å²) in [5.41, 5.74) is 3.18. The van der Waals surface area contributed by atoms with Crippen molar-refractivity contribution in [2.45, 2.75) is 18.2 Å². The Hall–Kier alpha value is -2.64. The Labute approximate surface area is 172 Å². The van der Waals surface area contributed by atoms with E-state index in [2.05, 4.69) is 39.8 Å². The number of benzene rings is 2. The van der Waals surface area contributed by atoms with Crippen molar-refractivity contribution >= 4 is 40.2 Å². The number of aryl methyl sites for hydroxylation is 2. The summed E-state index contributed by atoms with van der Waals surface area (Å²) in [6.45, 7) is 3.86. The van der Waals surface area contributed by atoms with Crippen molar-refractivity contribution in [3.8, 4) is 5.75 Å². The molecule has 144 valence electrons. The third-order valence-corrected chi connectivity index (χ3v) is 5.75. The minimum Gasteiger partial charge on any atom is -0.483 e. The first-order chi connectivity index (χ1) is 13.6. The average molecular weight is 412 g/mol. The van der Waals surface area contributed by atoms with Crippen LogP contribution in [0.15, 0.2) is 58.9 Å². The minimum absolute atomic E-state index is 0.0619. The average Bonchev–Trinajstić information content (AvgIpc) is 3.13. The molecular formula is C21H21N3O2S2. The van der Waals surface area contributed by atoms with Crippen LogP contribution in [-0.2, 0) is 4.79 Å². The Balaban J connectivity index is 1.45. The van der Waals surface area contributed by atoms with Crippen molar-refractivity contribution in [1.82, 2.24) is 10.2 Å². The molecule has 1 amide bonds. The van der Waals surface area contributed by atoms with Crippen molar-refractivity contribution in [1.29, 1.82) is 0 Å². The molecule has 7 heteroatoms. The van der Waals surface area contributed by atoms with Crippen LogP contribution in [-0.4, -0.2) is 28.5 Å². The first-order valence-electron chi connectivity index (χ1n) is 8.78. The maximum absolute atomic E-state index is 12.1. The van der Waals surface area contributed by atoms with Crippen molar-refractivity contribution in [3.05, 3.63) is 71.3 Å². The molecule has 3 rings (SSSR count). The van der Waals surface area contributed by atoms with E-state index in [4.69, 9.17) is 4.74 Å². The van der Waals surface area contributed by atoms with Gasteiger partial charge in [-0.05, 0) is 30.5 Å². The summed E-state index contributed by atoms with van der Waals surface area (Å²) in [7, 11) is 0. The molecule has 1 aromatic heterocycles. The number of amides is 1. The molecule has 1 heterocycles. The quantitative estimate of drug-likeness (QED) is 0.418. The van der Waals surface area contributed by atoms with Gasteiger partial charge < -0.3 is 4.74 Å². The van der Waals surface area contributed by atoms with E-state index in [0.29, 0.717) is 5.13 Å². The molecule has 0 unspecified atom stereocenters. The monoisotopic (exact) mass is 411 g/mol. The van der Waals surface area contributed by atoms with Crippen LogP contribution in [0.2, 0.25) is 0 Å². The molecule has 0 spiro atoms. The van der Waals surface area contributed by atoms with Gasteiger partial charge in [0.15, 0.2) is 10.9 Å². The van der Waals surface area contributed by atoms with E-state index >= 15 is 0 Å². The predicted octanol–water partition coefficient (Wildman–Crippen LogP) is 4.98. The van der Waals surface area contributed by atoms with Gasteiger partial charge in [0, 0.05) is 5.75 Å². The highest BCUT2D eigenvalue weighted by molar-refractivity contribution is 8.01. The molecule has 0 radical (unpaired) electrons. The van der Waals surface area contributed by atoms with Gasteiger partial charge in [-0.3, -0.25) is 10.1 Å². The SMILES string of the molecule is Cc1cccc(C)c1OCC(=O)Nc1nnc(SC/C=C/c2ccccc2)s1. The number of thioether (sulfide) groups is 1. The number of hydrogen-bond donors (Lipinski definition) is 1. The lowest BCUT2D eigenvalue weighted by Gasteiger charge is -2.11. The number of nitrogens with zero attached hydrogens (tertiary/aromatic N) is 2. The van der Waals surface area contributed by atoms with Crippen LogP contribution in [0.25, 0.3) is 6.08 Å². The molecule has 28 heavy (non-hydrogen) atoms. The van der Waals surface area contributed by atoms with Crippen LogP contribution in [0.3, 0.4) is 0 Å². The smallest absolute Gasteiger partial charge is 0.264 e. The summed E-state index contributed by atoms with van der Waals surface area (Å²) in [4.78, 5) is 12.1. The van der Waals surface area contributed by atoms with E-state index in [1.54, 1.807) is 11.8 Å². The molecule has 0 bridgehead atoms. The van der Waals surface area contributed by atoms with Crippen molar-refractivity contribution in [3.63, 3.8) is 0 Å². The lowest BCUT2D eigenvalue weighted by Crippen LogP contribution is -2.20. The Morgan fingerprint density at radius 2 is 1.86 bits per heavy atom. The van der Waals surface area contributed by atoms with Gasteiger partial charge in [-0.25, -0.2) is 0 Å². The van der Waals surface area contributed by atoms with Gasteiger partial charge in [0.05, 0.1) is 0 Å². The number of hydrogen-bond acceptors (Lipinski definition) is 6. The Morgan fingerprint density at radius 3 is 2.61 bits per heavy atom. The molecule has 0 aliphatic heterocycles. The topological polar surface area (TPSA) is 64.1 Å². The van der Waals surface area contributed by atoms with Gasteiger partial charge >= 0.3 is 0 Å². The first-order valence-corrected chi connectivity index (χ1v) is 10.6. The standard InChI is InChI=1S/C21H21N3O2S2/c1-15-8-6-9-16(2)19(15)26-14-18(25)22-20-23-24-21(28-20)27-13-7-12-17-10-4-3-5-11-17/h3-12H,13-14H2,1-2H3,(H,22,23,25)/b12-7+. The summed E-state index contributed by atoms with van der Waals surface area (Å²) in [5, 5.41) is 11.3. The second-order valence-electron chi connectivity index (χ2n) is 6.05. The molecule has 0 saturated heterocycles. The number of nitrogens with one attached hydrogen (secondary N) is 1. The number of carbonyl (C=O) groups excluding carboxylic acids is 1. The largest absolute Gasteiger partial charge is 0.483 e. The number of rotatable bonds is 8. The van der Waals surface area contributed by atoms with E-state index in [1.807, 2.05) is 50.2 Å². The van der Waals surface area contributed by atoms with E-state index in [9.17, 15) is 4.79 Å². The Morgan fingerprint density at radius 1 is 1.11 bits per heavy atom. The lowest BCUT2D eigenvalue weighted by atomic mass is 10.1. The van der Waals surface area contributed by atoms with E-state index in [-0.39, 0.29) is 12.5 Å². The van der Waals surface area contributed by atoms with Crippen LogP contribution in [0.4, 0.5) is 5.13 Å². The highest BCUT2D eigenvalue weighted by Crippen LogP contribution is 2.26. The first kappa shape index (κ1) is 20.1. The molecule has 0 atom stereocenters. The Bertz CT molecular complexity index is 935. The maximum atomic E-state index is 12.1. The molecule has 3 aromatic rings. The van der Waals surface area contributed by atoms with Crippen molar-refractivity contribution < 1.29 is 9.53 Å². The number of ether oxygens (including phenoxy) is 1. The van der Waals surface area contributed by atoms with Crippen LogP contribution in [0, 0.1) is 13.8 Å². The third-order valence-electron chi connectivity index (χ3n) is 3.82. The highest BCUT2D eigenvalue weighted by atomic mass is 32.2. The molecular weight excluding hydrogens is 390 g/mol. The Kier molecular flexibility index (Phi) is 7.22. The fourth-order valence-electron chi connectivity index (χ4n) is 2.51. The van der Waals surface area contributed by atoms with Crippen molar-refractivity contribution in [2.24, 2.45) is 0 Å². The molecule has 1 N–H and O–H groups in total. The van der Waals surface area contributed by atoms with Gasteiger partial charge in [0.25, 0.3) is 5.91 Å². The summed E-state index contributed by atoms with van der Waals surface area (Å²) >= 11 is 2.93.